The van der Waals surface area contributed by atoms with Gasteiger partial charge in [-0.15, -0.1) is 24.0 Å². The van der Waals surface area contributed by atoms with Gasteiger partial charge in [-0.2, -0.15) is 0 Å². The molecule has 6 nitrogen and oxygen atoms in total. The van der Waals surface area contributed by atoms with E-state index in [4.69, 9.17) is 4.74 Å². The Bertz CT molecular complexity index is 301. The molecule has 0 aromatic heterocycles. The number of nitrogens with zero attached hydrogens (tertiary/aromatic N) is 2. The molecule has 0 aromatic carbocycles. The third-order valence-corrected chi connectivity index (χ3v) is 2.02. The maximum atomic E-state index is 11.4. The molecular weight excluding hydrogens is 371 g/mol. The van der Waals surface area contributed by atoms with Gasteiger partial charge in [0.25, 0.3) is 0 Å². The Morgan fingerprint density at radius 1 is 1.25 bits per heavy atom. The maximum absolute atomic E-state index is 11.4. The van der Waals surface area contributed by atoms with Crippen LogP contribution in [0.15, 0.2) is 4.99 Å². The van der Waals surface area contributed by atoms with Crippen molar-refractivity contribution in [3.05, 3.63) is 0 Å². The van der Waals surface area contributed by atoms with Crippen LogP contribution in [0.1, 0.15) is 34.1 Å². The van der Waals surface area contributed by atoms with Gasteiger partial charge in [0.05, 0.1) is 0 Å². The maximum Gasteiger partial charge on any atom is 0.407 e. The first-order valence-corrected chi connectivity index (χ1v) is 6.68. The Morgan fingerprint density at radius 3 is 2.30 bits per heavy atom. The van der Waals surface area contributed by atoms with Crippen molar-refractivity contribution in [1.29, 1.82) is 0 Å². The lowest BCUT2D eigenvalue weighted by molar-refractivity contribution is 0.0527. The summed E-state index contributed by atoms with van der Waals surface area (Å²) in [6, 6.07) is 0. The standard InChI is InChI=1S/C13H28N4O2.HI/c1-7-14-11(17(5)6)15-9-8-10-16-12(18)19-13(2,3)4;/h7-10H2,1-6H3,(H,14,15)(H,16,18);1H. The van der Waals surface area contributed by atoms with Gasteiger partial charge in [0.15, 0.2) is 5.96 Å². The number of amides is 1. The first-order valence-electron chi connectivity index (χ1n) is 6.68. The SMILES string of the molecule is CCNC(=NCCCNC(=O)OC(C)(C)C)N(C)C.I. The van der Waals surface area contributed by atoms with Gasteiger partial charge in [0, 0.05) is 33.7 Å². The molecule has 0 rings (SSSR count). The molecule has 20 heavy (non-hydrogen) atoms. The normalized spacial score (nSPS) is 11.4. The van der Waals surface area contributed by atoms with E-state index in [1.165, 1.54) is 0 Å². The lowest BCUT2D eigenvalue weighted by Crippen LogP contribution is -2.36. The second-order valence-electron chi connectivity index (χ2n) is 5.41. The second kappa shape index (κ2) is 11.0. The highest BCUT2D eigenvalue weighted by Crippen LogP contribution is 2.06. The van der Waals surface area contributed by atoms with Crippen LogP contribution in [-0.4, -0.2) is 56.3 Å². The summed E-state index contributed by atoms with van der Waals surface area (Å²) in [4.78, 5) is 17.7. The number of carbonyl (C=O) groups excluding carboxylic acids is 1. The van der Waals surface area contributed by atoms with Crippen molar-refractivity contribution < 1.29 is 9.53 Å². The molecule has 0 aliphatic rings. The van der Waals surface area contributed by atoms with Gasteiger partial charge in [-0.3, -0.25) is 4.99 Å². The Morgan fingerprint density at radius 2 is 1.85 bits per heavy atom. The Hall–Kier alpha value is -0.730. The Kier molecular flexibility index (Phi) is 11.8. The van der Waals surface area contributed by atoms with E-state index in [0.717, 1.165) is 18.9 Å². The molecule has 0 aliphatic heterocycles. The van der Waals surface area contributed by atoms with Crippen LogP contribution in [0.2, 0.25) is 0 Å². The molecule has 7 heteroatoms. The zero-order chi connectivity index (χ0) is 14.9. The number of guanidine groups is 1. The zero-order valence-corrected chi connectivity index (χ0v) is 15.8. The van der Waals surface area contributed by atoms with Crippen molar-refractivity contribution in [2.75, 3.05) is 33.7 Å². The third-order valence-electron chi connectivity index (χ3n) is 2.02. The fourth-order valence-electron chi connectivity index (χ4n) is 1.28. The fourth-order valence-corrected chi connectivity index (χ4v) is 1.28. The molecule has 1 amide bonds. The molecule has 0 spiro atoms. The summed E-state index contributed by atoms with van der Waals surface area (Å²) < 4.78 is 5.14. The monoisotopic (exact) mass is 400 g/mol. The van der Waals surface area contributed by atoms with Crippen molar-refractivity contribution in [3.63, 3.8) is 0 Å². The van der Waals surface area contributed by atoms with Crippen LogP contribution in [0.4, 0.5) is 4.79 Å². The summed E-state index contributed by atoms with van der Waals surface area (Å²) in [5, 5.41) is 5.89. The predicted molar refractivity (Wildman–Crippen MR) is 93.9 cm³/mol. The van der Waals surface area contributed by atoms with Gasteiger partial charge in [-0.25, -0.2) is 4.79 Å². The van der Waals surface area contributed by atoms with Gasteiger partial charge in [0.2, 0.25) is 0 Å². The van der Waals surface area contributed by atoms with E-state index in [0.29, 0.717) is 13.1 Å². The summed E-state index contributed by atoms with van der Waals surface area (Å²) in [5.74, 6) is 0.861. The molecule has 0 unspecified atom stereocenters. The number of alkyl carbamates (subject to hydrolysis) is 1. The summed E-state index contributed by atoms with van der Waals surface area (Å²) in [7, 11) is 3.89. The van der Waals surface area contributed by atoms with Gasteiger partial charge < -0.3 is 20.3 Å². The zero-order valence-electron chi connectivity index (χ0n) is 13.4. The molecule has 0 radical (unpaired) electrons. The molecule has 0 bridgehead atoms. The molecule has 2 N–H and O–H groups in total. The minimum atomic E-state index is -0.453. The van der Waals surface area contributed by atoms with Crippen LogP contribution in [0, 0.1) is 0 Å². The quantitative estimate of drug-likeness (QED) is 0.321. The molecule has 0 heterocycles. The summed E-state index contributed by atoms with van der Waals surface area (Å²) >= 11 is 0. The third kappa shape index (κ3) is 12.3. The number of halogens is 1. The van der Waals surface area contributed by atoms with Crippen molar-refractivity contribution in [2.24, 2.45) is 4.99 Å². The van der Waals surface area contributed by atoms with Gasteiger partial charge in [-0.1, -0.05) is 0 Å². The lowest BCUT2D eigenvalue weighted by atomic mass is 10.2. The van der Waals surface area contributed by atoms with E-state index in [-0.39, 0.29) is 30.1 Å². The number of hydrogen-bond donors (Lipinski definition) is 2. The number of nitrogens with one attached hydrogen (secondary N) is 2. The number of ether oxygens (including phenoxy) is 1. The molecule has 0 saturated heterocycles. The van der Waals surface area contributed by atoms with Gasteiger partial charge >= 0.3 is 6.09 Å². The highest BCUT2D eigenvalue weighted by Gasteiger charge is 2.15. The summed E-state index contributed by atoms with van der Waals surface area (Å²) in [5.41, 5.74) is -0.453. The van der Waals surface area contributed by atoms with E-state index < -0.39 is 5.60 Å². The largest absolute Gasteiger partial charge is 0.444 e. The molecule has 0 aliphatic carbocycles. The number of rotatable bonds is 5. The number of aliphatic imine (C=N–C) groups is 1. The van der Waals surface area contributed by atoms with Crippen LogP contribution in [0.5, 0.6) is 0 Å². The number of hydrogen-bond acceptors (Lipinski definition) is 3. The molecule has 0 fully saturated rings. The van der Waals surface area contributed by atoms with Crippen molar-refractivity contribution >= 4 is 36.0 Å². The summed E-state index contributed by atoms with van der Waals surface area (Å²) in [6.45, 7) is 9.63. The predicted octanol–water partition coefficient (Wildman–Crippen LogP) is 2.05. The van der Waals surface area contributed by atoms with E-state index in [9.17, 15) is 4.79 Å². The molecular formula is C13H29IN4O2. The lowest BCUT2D eigenvalue weighted by Gasteiger charge is -2.19. The Labute approximate surface area is 139 Å². The van der Waals surface area contributed by atoms with Crippen LogP contribution < -0.4 is 10.6 Å². The molecule has 0 saturated carbocycles. The van der Waals surface area contributed by atoms with Crippen molar-refractivity contribution in [3.8, 4) is 0 Å². The van der Waals surface area contributed by atoms with E-state index >= 15 is 0 Å². The minimum absolute atomic E-state index is 0. The highest BCUT2D eigenvalue weighted by atomic mass is 127. The van der Waals surface area contributed by atoms with E-state index in [2.05, 4.69) is 15.6 Å². The highest BCUT2D eigenvalue weighted by molar-refractivity contribution is 14.0. The van der Waals surface area contributed by atoms with Crippen LogP contribution >= 0.6 is 24.0 Å². The molecule has 0 aromatic rings. The van der Waals surface area contributed by atoms with Gasteiger partial charge in [0.1, 0.15) is 5.60 Å². The van der Waals surface area contributed by atoms with Crippen molar-refractivity contribution in [1.82, 2.24) is 15.5 Å². The van der Waals surface area contributed by atoms with Gasteiger partial charge in [-0.05, 0) is 34.1 Å². The van der Waals surface area contributed by atoms with Crippen LogP contribution in [0.25, 0.3) is 0 Å². The van der Waals surface area contributed by atoms with Crippen LogP contribution in [-0.2, 0) is 4.74 Å². The topological polar surface area (TPSA) is 66.0 Å². The fraction of sp³-hybridized carbons (Fsp3) is 0.846. The smallest absolute Gasteiger partial charge is 0.407 e. The van der Waals surface area contributed by atoms with E-state index in [1.54, 1.807) is 0 Å². The first kappa shape index (κ1) is 21.6. The van der Waals surface area contributed by atoms with Crippen LogP contribution in [0.3, 0.4) is 0 Å². The molecule has 0 atom stereocenters. The number of carbonyl (C=O) groups is 1. The Balaban J connectivity index is 0. The first-order chi connectivity index (χ1) is 8.76. The summed E-state index contributed by atoms with van der Waals surface area (Å²) in [6.07, 6.45) is 0.401. The average Bonchev–Trinajstić information content (AvgIpc) is 2.24. The van der Waals surface area contributed by atoms with E-state index in [1.807, 2.05) is 46.7 Å². The second-order valence-corrected chi connectivity index (χ2v) is 5.41. The average molecular weight is 400 g/mol. The van der Waals surface area contributed by atoms with Crippen molar-refractivity contribution in [2.45, 2.75) is 39.7 Å². The minimum Gasteiger partial charge on any atom is -0.444 e. The molecule has 120 valence electrons.